The summed E-state index contributed by atoms with van der Waals surface area (Å²) in [5.74, 6) is -31.9. The highest BCUT2D eigenvalue weighted by molar-refractivity contribution is 6.77. The standard InChI is InChI=1S/C11H13F13Si/c1-25(2,3)7(16)9(19,20)11(23,24)10(21,22)8(17,18)5(13)4(12)6(14)15/h4-7H,1-3H3. The van der Waals surface area contributed by atoms with E-state index in [4.69, 9.17) is 0 Å². The lowest BCUT2D eigenvalue weighted by Crippen LogP contribution is -2.70. The van der Waals surface area contributed by atoms with Crippen LogP contribution in [0.2, 0.25) is 19.6 Å². The highest BCUT2D eigenvalue weighted by Gasteiger charge is 2.85. The van der Waals surface area contributed by atoms with Gasteiger partial charge in [0.15, 0.2) is 12.0 Å². The van der Waals surface area contributed by atoms with Gasteiger partial charge in [-0.05, 0) is 0 Å². The predicted octanol–water partition coefficient (Wildman–Crippen LogP) is 5.68. The van der Waals surface area contributed by atoms with Crippen molar-refractivity contribution < 1.29 is 57.1 Å². The molecule has 3 atom stereocenters. The molecule has 0 aliphatic rings. The normalized spacial score (nSPS) is 19.1. The van der Waals surface area contributed by atoms with Crippen LogP contribution in [0.25, 0.3) is 0 Å². The van der Waals surface area contributed by atoms with E-state index >= 15 is 0 Å². The first-order valence-corrected chi connectivity index (χ1v) is 9.96. The molecule has 0 aliphatic heterocycles. The van der Waals surface area contributed by atoms with Crippen LogP contribution < -0.4 is 0 Å². The minimum atomic E-state index is -7.37. The zero-order valence-corrected chi connectivity index (χ0v) is 13.7. The van der Waals surface area contributed by atoms with Crippen molar-refractivity contribution in [3.8, 4) is 0 Å². The maximum Gasteiger partial charge on any atom is 0.381 e. The van der Waals surface area contributed by atoms with Crippen LogP contribution in [0.1, 0.15) is 0 Å². The summed E-state index contributed by atoms with van der Waals surface area (Å²) in [6.45, 7) is 2.05. The van der Waals surface area contributed by atoms with Gasteiger partial charge in [0.25, 0.3) is 6.43 Å². The van der Waals surface area contributed by atoms with Crippen LogP contribution in [0.5, 0.6) is 0 Å². The zero-order valence-electron chi connectivity index (χ0n) is 12.7. The molecule has 0 radical (unpaired) electrons. The molecule has 0 spiro atoms. The van der Waals surface area contributed by atoms with Gasteiger partial charge >= 0.3 is 23.7 Å². The molecule has 0 rings (SSSR count). The van der Waals surface area contributed by atoms with Crippen LogP contribution in [0.3, 0.4) is 0 Å². The van der Waals surface area contributed by atoms with Gasteiger partial charge in [0, 0.05) is 0 Å². The summed E-state index contributed by atoms with van der Waals surface area (Å²) in [6.07, 6.45) is -14.5. The van der Waals surface area contributed by atoms with Gasteiger partial charge in [0.1, 0.15) is 0 Å². The van der Waals surface area contributed by atoms with E-state index < -0.39 is 56.3 Å². The first-order chi connectivity index (χ1) is 10.7. The highest BCUT2D eigenvalue weighted by atomic mass is 28.3. The average molecular weight is 420 g/mol. The van der Waals surface area contributed by atoms with E-state index in [-0.39, 0.29) is 0 Å². The second-order valence-corrected chi connectivity index (χ2v) is 11.5. The van der Waals surface area contributed by atoms with Crippen LogP contribution in [0.15, 0.2) is 0 Å². The molecule has 0 saturated carbocycles. The van der Waals surface area contributed by atoms with Gasteiger partial charge in [0.2, 0.25) is 6.17 Å². The summed E-state index contributed by atoms with van der Waals surface area (Å²) in [7, 11) is -3.97. The molecule has 14 heteroatoms. The third kappa shape index (κ3) is 3.87. The number of rotatable bonds is 8. The van der Waals surface area contributed by atoms with E-state index in [0.717, 1.165) is 0 Å². The molecule has 152 valence electrons. The molecule has 0 amide bonds. The van der Waals surface area contributed by atoms with E-state index in [9.17, 15) is 57.1 Å². The zero-order chi connectivity index (χ0) is 20.8. The molecule has 0 saturated heterocycles. The lowest BCUT2D eigenvalue weighted by molar-refractivity contribution is -0.383. The first kappa shape index (κ1) is 24.3. The molecular formula is C11H13F13Si. The number of halogens is 13. The molecule has 0 fully saturated rings. The molecule has 0 aromatic heterocycles. The van der Waals surface area contributed by atoms with Crippen molar-refractivity contribution in [2.45, 2.75) is 67.9 Å². The molecule has 0 aromatic rings. The summed E-state index contributed by atoms with van der Waals surface area (Å²) >= 11 is 0. The number of hydrogen-bond acceptors (Lipinski definition) is 0. The minimum Gasteiger partial charge on any atom is -0.245 e. The third-order valence-corrected chi connectivity index (χ3v) is 5.06. The van der Waals surface area contributed by atoms with Crippen LogP contribution in [0, 0.1) is 0 Å². The monoisotopic (exact) mass is 420 g/mol. The molecule has 0 N–H and O–H groups in total. The van der Waals surface area contributed by atoms with Gasteiger partial charge in [-0.2, -0.15) is 35.1 Å². The fourth-order valence-electron chi connectivity index (χ4n) is 1.62. The maximum absolute atomic E-state index is 13.6. The lowest BCUT2D eigenvalue weighted by atomic mass is 9.94. The van der Waals surface area contributed by atoms with Crippen molar-refractivity contribution in [3.05, 3.63) is 0 Å². The van der Waals surface area contributed by atoms with Gasteiger partial charge in [-0.1, -0.05) is 19.6 Å². The number of alkyl halides is 13. The molecule has 0 heterocycles. The SMILES string of the molecule is C[Si](C)(C)C(F)C(F)(F)C(F)(F)C(F)(F)C(F)(F)C(F)C(F)C(F)F. The molecule has 0 aliphatic carbocycles. The van der Waals surface area contributed by atoms with Gasteiger partial charge in [-0.15, -0.1) is 0 Å². The molecule has 25 heavy (non-hydrogen) atoms. The number of hydrogen-bond donors (Lipinski definition) is 0. The molecule has 0 aromatic carbocycles. The van der Waals surface area contributed by atoms with Crippen molar-refractivity contribution in [1.29, 1.82) is 0 Å². The topological polar surface area (TPSA) is 0 Å². The van der Waals surface area contributed by atoms with Gasteiger partial charge in [-0.3, -0.25) is 0 Å². The Bertz CT molecular complexity index is 455. The average Bonchev–Trinajstić information content (AvgIpc) is 2.42. The Hall–Kier alpha value is -0.693. The van der Waals surface area contributed by atoms with Crippen molar-refractivity contribution in [2.24, 2.45) is 0 Å². The molecule has 3 unspecified atom stereocenters. The Morgan fingerprint density at radius 1 is 0.600 bits per heavy atom. The summed E-state index contributed by atoms with van der Waals surface area (Å²) in [5.41, 5.74) is 0. The van der Waals surface area contributed by atoms with Crippen LogP contribution in [-0.2, 0) is 0 Å². The molecule has 0 nitrogen and oxygen atoms in total. The molecule has 0 bridgehead atoms. The van der Waals surface area contributed by atoms with Gasteiger partial charge < -0.3 is 0 Å². The Morgan fingerprint density at radius 2 is 0.920 bits per heavy atom. The summed E-state index contributed by atoms with van der Waals surface area (Å²) in [5, 5.41) is 0. The Balaban J connectivity index is 6.11. The van der Waals surface area contributed by atoms with E-state index in [0.29, 0.717) is 19.6 Å². The van der Waals surface area contributed by atoms with E-state index in [2.05, 4.69) is 0 Å². The largest absolute Gasteiger partial charge is 0.381 e. The second kappa shape index (κ2) is 6.80. The molecular weight excluding hydrogens is 407 g/mol. The highest BCUT2D eigenvalue weighted by Crippen LogP contribution is 2.56. The van der Waals surface area contributed by atoms with E-state index in [1.807, 2.05) is 0 Å². The van der Waals surface area contributed by atoms with Crippen molar-refractivity contribution in [1.82, 2.24) is 0 Å². The quantitative estimate of drug-likeness (QED) is 0.350. The van der Waals surface area contributed by atoms with Crippen molar-refractivity contribution >= 4 is 8.07 Å². The fourth-order valence-corrected chi connectivity index (χ4v) is 2.89. The predicted molar refractivity (Wildman–Crippen MR) is 63.8 cm³/mol. The first-order valence-electron chi connectivity index (χ1n) is 6.39. The van der Waals surface area contributed by atoms with E-state index in [1.165, 1.54) is 0 Å². The smallest absolute Gasteiger partial charge is 0.245 e. The van der Waals surface area contributed by atoms with Gasteiger partial charge in [-0.25, -0.2) is 22.0 Å². The Morgan fingerprint density at radius 3 is 1.20 bits per heavy atom. The van der Waals surface area contributed by atoms with Crippen molar-refractivity contribution in [2.75, 3.05) is 0 Å². The summed E-state index contributed by atoms with van der Waals surface area (Å²) < 4.78 is 169. The lowest BCUT2D eigenvalue weighted by Gasteiger charge is -2.41. The van der Waals surface area contributed by atoms with Gasteiger partial charge in [0.05, 0.1) is 8.07 Å². The summed E-state index contributed by atoms with van der Waals surface area (Å²) in [4.78, 5) is 0. The fraction of sp³-hybridized carbons (Fsp3) is 1.00. The van der Waals surface area contributed by atoms with Crippen molar-refractivity contribution in [3.63, 3.8) is 0 Å². The van der Waals surface area contributed by atoms with Crippen LogP contribution in [-0.4, -0.2) is 56.3 Å². The maximum atomic E-state index is 13.6. The Kier molecular flexibility index (Phi) is 6.61. The van der Waals surface area contributed by atoms with Crippen LogP contribution in [0.4, 0.5) is 57.1 Å². The van der Waals surface area contributed by atoms with Crippen LogP contribution >= 0.6 is 0 Å². The van der Waals surface area contributed by atoms with E-state index in [1.54, 1.807) is 0 Å². The minimum absolute atomic E-state index is 0.685. The summed E-state index contributed by atoms with van der Waals surface area (Å²) in [6, 6.07) is 0. The Labute approximate surface area is 134 Å². The second-order valence-electron chi connectivity index (χ2n) is 6.30. The third-order valence-electron chi connectivity index (χ3n) is 3.18.